The molecule has 4 rings (SSSR count). The van der Waals surface area contributed by atoms with E-state index < -0.39 is 11.8 Å². The van der Waals surface area contributed by atoms with Gasteiger partial charge in [0.15, 0.2) is 18.1 Å². The van der Waals surface area contributed by atoms with Crippen molar-refractivity contribution in [3.63, 3.8) is 0 Å². The molecule has 0 aliphatic carbocycles. The van der Waals surface area contributed by atoms with Crippen molar-refractivity contribution in [1.29, 1.82) is 5.26 Å². The van der Waals surface area contributed by atoms with Gasteiger partial charge in [-0.2, -0.15) is 10.4 Å². The number of hydrogen-bond acceptors (Lipinski definition) is 7. The van der Waals surface area contributed by atoms with Gasteiger partial charge < -0.3 is 25.7 Å². The lowest BCUT2D eigenvalue weighted by atomic mass is 9.84. The highest BCUT2D eigenvalue weighted by Crippen LogP contribution is 2.46. The van der Waals surface area contributed by atoms with Gasteiger partial charge in [-0.3, -0.25) is 4.79 Å². The Hall–Kier alpha value is -4.45. The molecular weight excluding hydrogens is 422 g/mol. The Morgan fingerprint density at radius 1 is 1.24 bits per heavy atom. The fourth-order valence-corrected chi connectivity index (χ4v) is 3.91. The molecule has 1 atom stereocenters. The molecule has 3 aromatic rings. The molecule has 0 fully saturated rings. The van der Waals surface area contributed by atoms with Gasteiger partial charge in [-0.1, -0.05) is 18.2 Å². The number of ether oxygens (including phenoxy) is 3. The molecule has 0 radical (unpaired) electrons. The van der Waals surface area contributed by atoms with Crippen molar-refractivity contribution < 1.29 is 19.0 Å². The Labute approximate surface area is 190 Å². The number of benzene rings is 2. The fourth-order valence-electron chi connectivity index (χ4n) is 3.91. The number of aryl methyl sites for hydroxylation is 2. The second kappa shape index (κ2) is 8.59. The normalized spacial score (nSPS) is 14.8. The summed E-state index contributed by atoms with van der Waals surface area (Å²) in [5.41, 5.74) is 15.7. The van der Waals surface area contributed by atoms with Crippen molar-refractivity contribution in [1.82, 2.24) is 9.78 Å². The van der Waals surface area contributed by atoms with Crippen LogP contribution in [0.4, 0.5) is 0 Å². The molecular formula is C24H23N5O4. The Morgan fingerprint density at radius 3 is 2.70 bits per heavy atom. The molecule has 0 saturated heterocycles. The highest BCUT2D eigenvalue weighted by molar-refractivity contribution is 5.75. The monoisotopic (exact) mass is 445 g/mol. The average molecular weight is 445 g/mol. The molecule has 0 unspecified atom stereocenters. The number of hydrogen-bond donors (Lipinski definition) is 2. The van der Waals surface area contributed by atoms with Crippen LogP contribution in [0, 0.1) is 25.2 Å². The lowest BCUT2D eigenvalue weighted by Gasteiger charge is -2.25. The number of fused-ring (bicyclic) bond motifs is 1. The first-order valence-corrected chi connectivity index (χ1v) is 10.2. The molecule has 4 N–H and O–H groups in total. The van der Waals surface area contributed by atoms with Crippen LogP contribution in [0.2, 0.25) is 0 Å². The maximum absolute atomic E-state index is 11.1. The Bertz CT molecular complexity index is 1320. The summed E-state index contributed by atoms with van der Waals surface area (Å²) in [7, 11) is 1.49. The van der Waals surface area contributed by atoms with Crippen LogP contribution in [-0.2, 0) is 4.79 Å². The van der Waals surface area contributed by atoms with Crippen LogP contribution in [0.3, 0.4) is 0 Å². The average Bonchev–Trinajstić information content (AvgIpc) is 3.12. The summed E-state index contributed by atoms with van der Waals surface area (Å²) in [6.45, 7) is 3.57. The molecule has 168 valence electrons. The summed E-state index contributed by atoms with van der Waals surface area (Å²) < 4.78 is 18.5. The first-order valence-electron chi connectivity index (χ1n) is 10.2. The summed E-state index contributed by atoms with van der Waals surface area (Å²) in [5, 5.41) is 14.6. The minimum atomic E-state index is -0.600. The summed E-state index contributed by atoms with van der Waals surface area (Å²) >= 11 is 0. The number of rotatable bonds is 6. The minimum absolute atomic E-state index is 0.0109. The highest BCUT2D eigenvalue weighted by Gasteiger charge is 2.36. The molecule has 1 aliphatic heterocycles. The number of aromatic nitrogens is 2. The molecule has 2 heterocycles. The number of amides is 1. The Kier molecular flexibility index (Phi) is 5.67. The van der Waals surface area contributed by atoms with Crippen LogP contribution < -0.4 is 25.7 Å². The lowest BCUT2D eigenvalue weighted by Crippen LogP contribution is -2.22. The number of nitrogens with zero attached hydrogens (tertiary/aromatic N) is 3. The van der Waals surface area contributed by atoms with Gasteiger partial charge in [0, 0.05) is 0 Å². The van der Waals surface area contributed by atoms with E-state index in [2.05, 4.69) is 11.2 Å². The van der Waals surface area contributed by atoms with Crippen LogP contribution in [0.15, 0.2) is 53.9 Å². The number of nitriles is 1. The van der Waals surface area contributed by atoms with Crippen molar-refractivity contribution in [3.8, 4) is 29.1 Å². The number of carbonyl (C=O) groups excluding carboxylic acids is 1. The molecule has 0 spiro atoms. The van der Waals surface area contributed by atoms with Crippen molar-refractivity contribution in [2.45, 2.75) is 19.8 Å². The maximum atomic E-state index is 11.1. The van der Waals surface area contributed by atoms with E-state index >= 15 is 0 Å². The highest BCUT2D eigenvalue weighted by atomic mass is 16.5. The van der Waals surface area contributed by atoms with E-state index in [1.54, 1.807) is 22.9 Å². The lowest BCUT2D eigenvalue weighted by molar-refractivity contribution is -0.119. The van der Waals surface area contributed by atoms with Crippen LogP contribution in [0.1, 0.15) is 28.3 Å². The third-order valence-corrected chi connectivity index (χ3v) is 5.37. The van der Waals surface area contributed by atoms with Gasteiger partial charge in [0.25, 0.3) is 5.91 Å². The SMILES string of the molecule is COc1cc([C@H]2C(C#N)=C(N)Oc3c2c(C)nn3-c2cccc(C)c2)ccc1OCC(N)=O. The largest absolute Gasteiger partial charge is 0.493 e. The second-order valence-electron chi connectivity index (χ2n) is 7.65. The van der Waals surface area contributed by atoms with E-state index in [0.717, 1.165) is 22.4 Å². The van der Waals surface area contributed by atoms with Crippen molar-refractivity contribution in [2.75, 3.05) is 13.7 Å². The molecule has 0 bridgehead atoms. The van der Waals surface area contributed by atoms with Crippen molar-refractivity contribution in [2.24, 2.45) is 11.5 Å². The van der Waals surface area contributed by atoms with Gasteiger partial charge in [0.1, 0.15) is 11.6 Å². The van der Waals surface area contributed by atoms with Gasteiger partial charge >= 0.3 is 0 Å². The predicted molar refractivity (Wildman–Crippen MR) is 120 cm³/mol. The molecule has 9 nitrogen and oxygen atoms in total. The van der Waals surface area contributed by atoms with Gasteiger partial charge in [0.2, 0.25) is 11.8 Å². The third-order valence-electron chi connectivity index (χ3n) is 5.37. The van der Waals surface area contributed by atoms with Gasteiger partial charge in [-0.25, -0.2) is 4.68 Å². The molecule has 33 heavy (non-hydrogen) atoms. The van der Waals surface area contributed by atoms with Crippen LogP contribution in [0.25, 0.3) is 5.69 Å². The van der Waals surface area contributed by atoms with Crippen LogP contribution in [0.5, 0.6) is 17.4 Å². The first-order chi connectivity index (χ1) is 15.8. The number of methoxy groups -OCH3 is 1. The van der Waals surface area contributed by atoms with Crippen molar-refractivity contribution in [3.05, 3.63) is 76.3 Å². The predicted octanol–water partition coefficient (Wildman–Crippen LogP) is 2.58. The van der Waals surface area contributed by atoms with Crippen LogP contribution in [-0.4, -0.2) is 29.4 Å². The summed E-state index contributed by atoms with van der Waals surface area (Å²) in [5.74, 6) is 0.0778. The summed E-state index contributed by atoms with van der Waals surface area (Å²) in [6, 6.07) is 15.2. The molecule has 2 aromatic carbocycles. The van der Waals surface area contributed by atoms with E-state index in [-0.39, 0.29) is 18.1 Å². The molecule has 1 aromatic heterocycles. The molecule has 1 amide bonds. The quantitative estimate of drug-likeness (QED) is 0.594. The molecule has 9 heteroatoms. The Morgan fingerprint density at radius 2 is 2.03 bits per heavy atom. The van der Waals surface area contributed by atoms with Gasteiger partial charge in [-0.05, 0) is 49.2 Å². The van der Waals surface area contributed by atoms with Gasteiger partial charge in [-0.15, -0.1) is 0 Å². The topological polar surface area (TPSA) is 138 Å². The molecule has 0 saturated carbocycles. The fraction of sp³-hybridized carbons (Fsp3) is 0.208. The Balaban J connectivity index is 1.86. The van der Waals surface area contributed by atoms with Crippen LogP contribution >= 0.6 is 0 Å². The van der Waals surface area contributed by atoms with E-state index in [1.165, 1.54) is 7.11 Å². The first kappa shape index (κ1) is 21.8. The number of primary amides is 1. The number of allylic oxidation sites excluding steroid dienone is 1. The van der Waals surface area contributed by atoms with Crippen molar-refractivity contribution >= 4 is 5.91 Å². The van der Waals surface area contributed by atoms with E-state index in [4.69, 9.17) is 25.7 Å². The zero-order valence-corrected chi connectivity index (χ0v) is 18.5. The maximum Gasteiger partial charge on any atom is 0.255 e. The minimum Gasteiger partial charge on any atom is -0.493 e. The third kappa shape index (κ3) is 3.94. The standard InChI is InChI=1S/C24H23N5O4/c1-13-5-4-6-16(9-13)29-24-21(14(2)28-29)22(17(11-25)23(27)33-24)15-7-8-18(19(10-15)31-3)32-12-20(26)30/h4-10,22H,12,27H2,1-3H3,(H2,26,30)/t22-/m0/s1. The molecule has 1 aliphatic rings. The number of carbonyl (C=O) groups is 1. The van der Waals surface area contributed by atoms with Gasteiger partial charge in [0.05, 0.1) is 30.0 Å². The summed E-state index contributed by atoms with van der Waals surface area (Å²) in [6.07, 6.45) is 0. The zero-order chi connectivity index (χ0) is 23.7. The smallest absolute Gasteiger partial charge is 0.255 e. The van der Waals surface area contributed by atoms with E-state index in [1.807, 2.05) is 38.1 Å². The summed E-state index contributed by atoms with van der Waals surface area (Å²) in [4.78, 5) is 11.1. The number of nitrogens with two attached hydrogens (primary N) is 2. The second-order valence-corrected chi connectivity index (χ2v) is 7.65. The zero-order valence-electron chi connectivity index (χ0n) is 18.5. The van der Waals surface area contributed by atoms with E-state index in [9.17, 15) is 10.1 Å². The van der Waals surface area contributed by atoms with E-state index in [0.29, 0.717) is 23.1 Å².